The van der Waals surface area contributed by atoms with Gasteiger partial charge >= 0.3 is 0 Å². The van der Waals surface area contributed by atoms with Gasteiger partial charge in [0.1, 0.15) is 0 Å². The lowest BCUT2D eigenvalue weighted by molar-refractivity contribution is -0.147. The molecule has 2 amide bonds. The van der Waals surface area contributed by atoms with Gasteiger partial charge in [0.05, 0.1) is 19.1 Å². The Hall–Kier alpha value is -1.88. The van der Waals surface area contributed by atoms with Gasteiger partial charge in [0.15, 0.2) is 0 Å². The normalized spacial score (nSPS) is 22.2. The van der Waals surface area contributed by atoms with Gasteiger partial charge < -0.3 is 14.5 Å². The summed E-state index contributed by atoms with van der Waals surface area (Å²) in [6.07, 6.45) is 1.64. The van der Waals surface area contributed by atoms with Gasteiger partial charge in [0.2, 0.25) is 11.8 Å². The van der Waals surface area contributed by atoms with E-state index >= 15 is 0 Å². The van der Waals surface area contributed by atoms with E-state index in [1.165, 1.54) is 5.56 Å². The maximum atomic E-state index is 12.3. The van der Waals surface area contributed by atoms with E-state index < -0.39 is 0 Å². The third-order valence-electron chi connectivity index (χ3n) is 4.42. The van der Waals surface area contributed by atoms with Crippen LogP contribution in [0.15, 0.2) is 30.3 Å². The van der Waals surface area contributed by atoms with Gasteiger partial charge in [-0.2, -0.15) is 0 Å². The molecule has 118 valence electrons. The standard InChI is InChI=1S/C17H22N2O3/c20-16-12-19(17(21)15-7-11-22-13-15)10-9-18(16)8-6-14-4-2-1-3-5-14/h1-5,15H,6-13H2/t15-/m1/s1. The molecule has 1 aromatic rings. The number of benzene rings is 1. The molecule has 2 saturated heterocycles. The van der Waals surface area contributed by atoms with Crippen LogP contribution in [0, 0.1) is 5.92 Å². The molecule has 2 aliphatic heterocycles. The second-order valence-electron chi connectivity index (χ2n) is 5.94. The minimum absolute atomic E-state index is 0.0504. The minimum Gasteiger partial charge on any atom is -0.381 e. The van der Waals surface area contributed by atoms with Gasteiger partial charge in [-0.05, 0) is 18.4 Å². The number of hydrogen-bond donors (Lipinski definition) is 0. The average Bonchev–Trinajstić information content (AvgIpc) is 3.08. The predicted molar refractivity (Wildman–Crippen MR) is 82.2 cm³/mol. The Balaban J connectivity index is 1.49. The summed E-state index contributed by atoms with van der Waals surface area (Å²) in [6.45, 7) is 3.35. The van der Waals surface area contributed by atoms with Crippen LogP contribution < -0.4 is 0 Å². The van der Waals surface area contributed by atoms with Crippen molar-refractivity contribution in [1.82, 2.24) is 9.80 Å². The molecular weight excluding hydrogens is 280 g/mol. The third kappa shape index (κ3) is 3.47. The molecule has 0 radical (unpaired) electrons. The first-order valence-corrected chi connectivity index (χ1v) is 7.92. The Morgan fingerprint density at radius 1 is 1.23 bits per heavy atom. The summed E-state index contributed by atoms with van der Waals surface area (Å²) < 4.78 is 5.26. The van der Waals surface area contributed by atoms with Crippen molar-refractivity contribution < 1.29 is 14.3 Å². The topological polar surface area (TPSA) is 49.9 Å². The molecule has 2 aliphatic rings. The fourth-order valence-electron chi connectivity index (χ4n) is 3.03. The average molecular weight is 302 g/mol. The summed E-state index contributed by atoms with van der Waals surface area (Å²) in [4.78, 5) is 28.1. The number of carbonyl (C=O) groups is 2. The Bertz CT molecular complexity index is 526. The van der Waals surface area contributed by atoms with E-state index in [-0.39, 0.29) is 24.3 Å². The summed E-state index contributed by atoms with van der Waals surface area (Å²) in [7, 11) is 0. The van der Waals surface area contributed by atoms with E-state index in [0.717, 1.165) is 19.4 Å². The Morgan fingerprint density at radius 2 is 2.05 bits per heavy atom. The second kappa shape index (κ2) is 6.92. The Kier molecular flexibility index (Phi) is 4.73. The summed E-state index contributed by atoms with van der Waals surface area (Å²) in [5.41, 5.74) is 1.23. The van der Waals surface area contributed by atoms with Crippen LogP contribution >= 0.6 is 0 Å². The SMILES string of the molecule is O=C1CN(C(=O)[C@@H]2CCOC2)CCN1CCc1ccccc1. The van der Waals surface area contributed by atoms with Crippen LogP contribution in [0.1, 0.15) is 12.0 Å². The van der Waals surface area contributed by atoms with Gasteiger partial charge in [0.25, 0.3) is 0 Å². The largest absolute Gasteiger partial charge is 0.381 e. The van der Waals surface area contributed by atoms with Crippen molar-refractivity contribution >= 4 is 11.8 Å². The summed E-state index contributed by atoms with van der Waals surface area (Å²) >= 11 is 0. The Labute approximate surface area is 130 Å². The van der Waals surface area contributed by atoms with Crippen LogP contribution in [0.5, 0.6) is 0 Å². The molecular formula is C17H22N2O3. The number of hydrogen-bond acceptors (Lipinski definition) is 3. The highest BCUT2D eigenvalue weighted by Gasteiger charge is 2.32. The number of carbonyl (C=O) groups excluding carboxylic acids is 2. The smallest absolute Gasteiger partial charge is 0.242 e. The maximum absolute atomic E-state index is 12.3. The molecule has 0 spiro atoms. The molecule has 0 aromatic heterocycles. The molecule has 1 atom stereocenters. The molecule has 3 rings (SSSR count). The predicted octanol–water partition coefficient (Wildman–Crippen LogP) is 0.936. The molecule has 2 fully saturated rings. The minimum atomic E-state index is -0.0522. The number of ether oxygens (including phenoxy) is 1. The van der Waals surface area contributed by atoms with Gasteiger partial charge in [-0.3, -0.25) is 9.59 Å². The van der Waals surface area contributed by atoms with Crippen molar-refractivity contribution in [2.24, 2.45) is 5.92 Å². The highest BCUT2D eigenvalue weighted by Crippen LogP contribution is 2.17. The van der Waals surface area contributed by atoms with Crippen LogP contribution in [0.3, 0.4) is 0 Å². The maximum Gasteiger partial charge on any atom is 0.242 e. The summed E-state index contributed by atoms with van der Waals surface area (Å²) in [6, 6.07) is 10.2. The molecule has 0 bridgehead atoms. The zero-order chi connectivity index (χ0) is 15.4. The number of piperazine rings is 1. The van der Waals surface area contributed by atoms with Crippen molar-refractivity contribution in [2.45, 2.75) is 12.8 Å². The molecule has 22 heavy (non-hydrogen) atoms. The van der Waals surface area contributed by atoms with Crippen LogP contribution in [0.4, 0.5) is 0 Å². The van der Waals surface area contributed by atoms with Crippen molar-refractivity contribution in [1.29, 1.82) is 0 Å². The lowest BCUT2D eigenvalue weighted by atomic mass is 10.1. The van der Waals surface area contributed by atoms with Gasteiger partial charge in [0, 0.05) is 26.2 Å². The molecule has 1 aromatic carbocycles. The van der Waals surface area contributed by atoms with Crippen molar-refractivity contribution in [2.75, 3.05) is 39.4 Å². The molecule has 2 heterocycles. The molecule has 5 nitrogen and oxygen atoms in total. The molecule has 0 saturated carbocycles. The van der Waals surface area contributed by atoms with Crippen LogP contribution in [0.25, 0.3) is 0 Å². The van der Waals surface area contributed by atoms with Crippen molar-refractivity contribution in [3.8, 4) is 0 Å². The zero-order valence-corrected chi connectivity index (χ0v) is 12.7. The molecule has 0 unspecified atom stereocenters. The number of amides is 2. The quantitative estimate of drug-likeness (QED) is 0.831. The highest BCUT2D eigenvalue weighted by molar-refractivity contribution is 5.87. The summed E-state index contributed by atoms with van der Waals surface area (Å²) in [5, 5.41) is 0. The summed E-state index contributed by atoms with van der Waals surface area (Å²) in [5.74, 6) is 0.0756. The van der Waals surface area contributed by atoms with Crippen molar-refractivity contribution in [3.05, 3.63) is 35.9 Å². The monoisotopic (exact) mass is 302 g/mol. The van der Waals surface area contributed by atoms with E-state index in [4.69, 9.17) is 4.74 Å². The van der Waals surface area contributed by atoms with Gasteiger partial charge in [-0.15, -0.1) is 0 Å². The van der Waals surface area contributed by atoms with Crippen LogP contribution in [0.2, 0.25) is 0 Å². The van der Waals surface area contributed by atoms with E-state index in [9.17, 15) is 9.59 Å². The Morgan fingerprint density at radius 3 is 2.73 bits per heavy atom. The van der Waals surface area contributed by atoms with E-state index in [2.05, 4.69) is 12.1 Å². The zero-order valence-electron chi connectivity index (χ0n) is 12.7. The van der Waals surface area contributed by atoms with Gasteiger partial charge in [-0.25, -0.2) is 0 Å². The highest BCUT2D eigenvalue weighted by atomic mass is 16.5. The first kappa shape index (κ1) is 15.0. The molecule has 0 N–H and O–H groups in total. The lowest BCUT2D eigenvalue weighted by Gasteiger charge is -2.35. The fraction of sp³-hybridized carbons (Fsp3) is 0.529. The van der Waals surface area contributed by atoms with Crippen LogP contribution in [-0.2, 0) is 20.7 Å². The second-order valence-corrected chi connectivity index (χ2v) is 5.94. The fourth-order valence-corrected chi connectivity index (χ4v) is 3.03. The first-order valence-electron chi connectivity index (χ1n) is 7.92. The van der Waals surface area contributed by atoms with Crippen LogP contribution in [-0.4, -0.2) is 61.0 Å². The molecule has 5 heteroatoms. The molecule has 0 aliphatic carbocycles. The third-order valence-corrected chi connectivity index (χ3v) is 4.42. The first-order chi connectivity index (χ1) is 10.7. The number of nitrogens with zero attached hydrogens (tertiary/aromatic N) is 2. The number of rotatable bonds is 4. The van der Waals surface area contributed by atoms with Crippen molar-refractivity contribution in [3.63, 3.8) is 0 Å². The van der Waals surface area contributed by atoms with E-state index in [1.54, 1.807) is 4.90 Å². The van der Waals surface area contributed by atoms with E-state index in [1.807, 2.05) is 23.1 Å². The van der Waals surface area contributed by atoms with E-state index in [0.29, 0.717) is 26.3 Å². The van der Waals surface area contributed by atoms with Gasteiger partial charge in [-0.1, -0.05) is 30.3 Å². The lowest BCUT2D eigenvalue weighted by Crippen LogP contribution is -2.53.